The SMILES string of the molecule is COc1cc(/C=C/C(=O)N(C2CCC(C)CC2)C2CC2)cc2c1OCCO2. The number of amides is 1. The first kappa shape index (κ1) is 18.2. The van der Waals surface area contributed by atoms with Crippen LogP contribution in [0.3, 0.4) is 0 Å². The molecule has 0 aromatic heterocycles. The quantitative estimate of drug-likeness (QED) is 0.733. The molecular formula is C22H29NO4. The lowest BCUT2D eigenvalue weighted by Crippen LogP contribution is -2.42. The molecule has 0 saturated heterocycles. The van der Waals surface area contributed by atoms with Crippen molar-refractivity contribution in [1.29, 1.82) is 0 Å². The van der Waals surface area contributed by atoms with Crippen LogP contribution in [0.25, 0.3) is 6.08 Å². The highest BCUT2D eigenvalue weighted by Gasteiger charge is 2.37. The second-order valence-corrected chi connectivity index (χ2v) is 7.97. The summed E-state index contributed by atoms with van der Waals surface area (Å²) in [5.41, 5.74) is 0.887. The molecule has 1 heterocycles. The molecule has 27 heavy (non-hydrogen) atoms. The summed E-state index contributed by atoms with van der Waals surface area (Å²) < 4.78 is 16.7. The third-order valence-corrected chi connectivity index (χ3v) is 5.84. The van der Waals surface area contributed by atoms with E-state index in [1.807, 2.05) is 18.2 Å². The van der Waals surface area contributed by atoms with Gasteiger partial charge in [0.1, 0.15) is 13.2 Å². The average molecular weight is 371 g/mol. The van der Waals surface area contributed by atoms with Crippen LogP contribution in [0.4, 0.5) is 0 Å². The van der Waals surface area contributed by atoms with Gasteiger partial charge in [-0.05, 0) is 68.2 Å². The van der Waals surface area contributed by atoms with Gasteiger partial charge in [-0.1, -0.05) is 6.92 Å². The molecule has 2 saturated carbocycles. The van der Waals surface area contributed by atoms with E-state index >= 15 is 0 Å². The van der Waals surface area contributed by atoms with E-state index in [0.29, 0.717) is 42.5 Å². The van der Waals surface area contributed by atoms with Crippen LogP contribution in [0.1, 0.15) is 51.0 Å². The zero-order valence-corrected chi connectivity index (χ0v) is 16.3. The van der Waals surface area contributed by atoms with Crippen LogP contribution in [-0.4, -0.2) is 43.2 Å². The Balaban J connectivity index is 1.50. The fraction of sp³-hybridized carbons (Fsp3) is 0.591. The van der Waals surface area contributed by atoms with E-state index in [-0.39, 0.29) is 5.91 Å². The molecule has 0 N–H and O–H groups in total. The number of rotatable bonds is 5. The number of carbonyl (C=O) groups is 1. The molecule has 5 heteroatoms. The van der Waals surface area contributed by atoms with Gasteiger partial charge in [0.05, 0.1) is 7.11 Å². The molecule has 0 bridgehead atoms. The Morgan fingerprint density at radius 2 is 1.74 bits per heavy atom. The molecule has 0 atom stereocenters. The van der Waals surface area contributed by atoms with Gasteiger partial charge in [0, 0.05) is 18.2 Å². The Morgan fingerprint density at radius 3 is 2.41 bits per heavy atom. The first-order chi connectivity index (χ1) is 13.2. The molecular weight excluding hydrogens is 342 g/mol. The normalized spacial score (nSPS) is 24.7. The van der Waals surface area contributed by atoms with Crippen molar-refractivity contribution < 1.29 is 19.0 Å². The van der Waals surface area contributed by atoms with Gasteiger partial charge in [-0.15, -0.1) is 0 Å². The average Bonchev–Trinajstić information content (AvgIpc) is 3.52. The number of hydrogen-bond acceptors (Lipinski definition) is 4. The second kappa shape index (κ2) is 7.83. The lowest BCUT2D eigenvalue weighted by Gasteiger charge is -2.36. The van der Waals surface area contributed by atoms with Gasteiger partial charge >= 0.3 is 0 Å². The number of methoxy groups -OCH3 is 1. The Labute approximate surface area is 161 Å². The van der Waals surface area contributed by atoms with Gasteiger partial charge < -0.3 is 19.1 Å². The van der Waals surface area contributed by atoms with E-state index in [9.17, 15) is 4.79 Å². The minimum atomic E-state index is 0.130. The van der Waals surface area contributed by atoms with Gasteiger partial charge in [0.2, 0.25) is 11.7 Å². The Morgan fingerprint density at radius 1 is 1.07 bits per heavy atom. The van der Waals surface area contributed by atoms with Crippen molar-refractivity contribution in [1.82, 2.24) is 4.90 Å². The summed E-state index contributed by atoms with van der Waals surface area (Å²) in [6, 6.07) is 4.64. The third-order valence-electron chi connectivity index (χ3n) is 5.84. The predicted octanol–water partition coefficient (Wildman–Crippen LogP) is 4.05. The lowest BCUT2D eigenvalue weighted by molar-refractivity contribution is -0.129. The van der Waals surface area contributed by atoms with Crippen LogP contribution in [0.15, 0.2) is 18.2 Å². The summed E-state index contributed by atoms with van der Waals surface area (Å²) in [7, 11) is 1.62. The van der Waals surface area contributed by atoms with Crippen molar-refractivity contribution in [3.05, 3.63) is 23.8 Å². The highest BCUT2D eigenvalue weighted by Crippen LogP contribution is 2.41. The molecule has 1 aromatic carbocycles. The van der Waals surface area contributed by atoms with Gasteiger partial charge in [-0.2, -0.15) is 0 Å². The maximum atomic E-state index is 13.0. The van der Waals surface area contributed by atoms with Crippen LogP contribution < -0.4 is 14.2 Å². The van der Waals surface area contributed by atoms with Crippen LogP contribution >= 0.6 is 0 Å². The van der Waals surface area contributed by atoms with Crippen molar-refractivity contribution in [3.8, 4) is 17.2 Å². The molecule has 4 rings (SSSR count). The number of benzene rings is 1. The molecule has 0 spiro atoms. The van der Waals surface area contributed by atoms with E-state index in [4.69, 9.17) is 14.2 Å². The van der Waals surface area contributed by atoms with Crippen molar-refractivity contribution in [2.45, 2.75) is 57.5 Å². The van der Waals surface area contributed by atoms with E-state index < -0.39 is 0 Å². The second-order valence-electron chi connectivity index (χ2n) is 7.97. The Kier molecular flexibility index (Phi) is 5.28. The first-order valence-electron chi connectivity index (χ1n) is 10.1. The number of carbonyl (C=O) groups excluding carboxylic acids is 1. The third kappa shape index (κ3) is 4.07. The summed E-state index contributed by atoms with van der Waals surface area (Å²) in [6.07, 6.45) is 10.6. The Hall–Kier alpha value is -2.17. The predicted molar refractivity (Wildman–Crippen MR) is 104 cm³/mol. The van der Waals surface area contributed by atoms with Crippen LogP contribution in [0.2, 0.25) is 0 Å². The first-order valence-corrected chi connectivity index (χ1v) is 10.1. The smallest absolute Gasteiger partial charge is 0.247 e. The maximum Gasteiger partial charge on any atom is 0.247 e. The summed E-state index contributed by atoms with van der Waals surface area (Å²) in [4.78, 5) is 15.1. The van der Waals surface area contributed by atoms with Crippen LogP contribution in [0.5, 0.6) is 17.2 Å². The molecule has 146 valence electrons. The molecule has 5 nitrogen and oxygen atoms in total. The number of fused-ring (bicyclic) bond motifs is 1. The molecule has 0 unspecified atom stereocenters. The standard InChI is InChI=1S/C22H29NO4/c1-15-3-6-17(7-4-15)23(18-8-9-18)21(24)10-5-16-13-19(25-2)22-20(14-16)26-11-12-27-22/h5,10,13-15,17-18H,3-4,6-9,11-12H2,1-2H3/b10-5+. The summed E-state index contributed by atoms with van der Waals surface area (Å²) in [6.45, 7) is 3.36. The van der Waals surface area contributed by atoms with Gasteiger partial charge in [0.25, 0.3) is 0 Å². The van der Waals surface area contributed by atoms with E-state index in [0.717, 1.165) is 37.2 Å². The van der Waals surface area contributed by atoms with Crippen molar-refractivity contribution in [3.63, 3.8) is 0 Å². The van der Waals surface area contributed by atoms with E-state index in [1.54, 1.807) is 13.2 Å². The largest absolute Gasteiger partial charge is 0.493 e. The zero-order chi connectivity index (χ0) is 18.8. The molecule has 3 aliphatic rings. The molecule has 1 amide bonds. The number of hydrogen-bond donors (Lipinski definition) is 0. The zero-order valence-electron chi connectivity index (χ0n) is 16.3. The highest BCUT2D eigenvalue weighted by molar-refractivity contribution is 5.92. The summed E-state index contributed by atoms with van der Waals surface area (Å²) in [5.74, 6) is 2.87. The van der Waals surface area contributed by atoms with Gasteiger partial charge in [-0.3, -0.25) is 4.79 Å². The van der Waals surface area contributed by atoms with Crippen molar-refractivity contribution in [2.24, 2.45) is 5.92 Å². The van der Waals surface area contributed by atoms with Crippen molar-refractivity contribution in [2.75, 3.05) is 20.3 Å². The van der Waals surface area contributed by atoms with E-state index in [2.05, 4.69) is 11.8 Å². The topological polar surface area (TPSA) is 48.0 Å². The lowest BCUT2D eigenvalue weighted by atomic mass is 9.86. The Bertz CT molecular complexity index is 700. The minimum Gasteiger partial charge on any atom is -0.493 e. The monoisotopic (exact) mass is 371 g/mol. The number of nitrogens with zero attached hydrogens (tertiary/aromatic N) is 1. The van der Waals surface area contributed by atoms with Gasteiger partial charge in [0.15, 0.2) is 11.5 Å². The fourth-order valence-corrected chi connectivity index (χ4v) is 4.17. The van der Waals surface area contributed by atoms with Crippen LogP contribution in [-0.2, 0) is 4.79 Å². The highest BCUT2D eigenvalue weighted by atomic mass is 16.6. The molecule has 2 aliphatic carbocycles. The molecule has 1 aliphatic heterocycles. The fourth-order valence-electron chi connectivity index (χ4n) is 4.17. The van der Waals surface area contributed by atoms with E-state index in [1.165, 1.54) is 12.8 Å². The molecule has 0 radical (unpaired) electrons. The maximum absolute atomic E-state index is 13.0. The van der Waals surface area contributed by atoms with Crippen LogP contribution in [0, 0.1) is 5.92 Å². The summed E-state index contributed by atoms with van der Waals surface area (Å²) in [5, 5.41) is 0. The summed E-state index contributed by atoms with van der Waals surface area (Å²) >= 11 is 0. The van der Waals surface area contributed by atoms with Crippen molar-refractivity contribution >= 4 is 12.0 Å². The minimum absolute atomic E-state index is 0.130. The van der Waals surface area contributed by atoms with Gasteiger partial charge in [-0.25, -0.2) is 0 Å². The molecule has 1 aromatic rings. The molecule has 2 fully saturated rings. The number of ether oxygens (including phenoxy) is 3.